The van der Waals surface area contributed by atoms with E-state index in [1.165, 1.54) is 0 Å². The molecule has 2 nitrogen and oxygen atoms in total. The van der Waals surface area contributed by atoms with E-state index in [9.17, 15) is 4.79 Å². The van der Waals surface area contributed by atoms with Crippen molar-refractivity contribution in [1.82, 2.24) is 0 Å². The van der Waals surface area contributed by atoms with Crippen LogP contribution in [-0.2, 0) is 5.41 Å². The highest BCUT2D eigenvalue weighted by Crippen LogP contribution is 2.26. The zero-order chi connectivity index (χ0) is 10.9. The highest BCUT2D eigenvalue weighted by atomic mass is 16.4. The van der Waals surface area contributed by atoms with Crippen LogP contribution in [0.5, 0.6) is 0 Å². The first-order chi connectivity index (χ1) is 6.32. The van der Waals surface area contributed by atoms with E-state index < -0.39 is 5.97 Å². The molecule has 0 radical (unpaired) electrons. The number of hydrogen-bond donors (Lipinski definition) is 1. The van der Waals surface area contributed by atoms with Crippen LogP contribution in [0.1, 0.15) is 42.3 Å². The number of carboxylic acids is 1. The maximum Gasteiger partial charge on any atom is 0.335 e. The molecular formula is C12H16O2. The van der Waals surface area contributed by atoms with Gasteiger partial charge in [0.25, 0.3) is 0 Å². The monoisotopic (exact) mass is 192 g/mol. The van der Waals surface area contributed by atoms with E-state index in [0.717, 1.165) is 11.1 Å². The first-order valence-electron chi connectivity index (χ1n) is 4.67. The van der Waals surface area contributed by atoms with Crippen LogP contribution in [0.2, 0.25) is 0 Å². The number of aromatic carboxylic acids is 1. The molecule has 1 aromatic rings. The minimum Gasteiger partial charge on any atom is -0.478 e. The summed E-state index contributed by atoms with van der Waals surface area (Å²) in [6.07, 6.45) is 0. The van der Waals surface area contributed by atoms with Gasteiger partial charge in [0.1, 0.15) is 0 Å². The Kier molecular flexibility index (Phi) is 2.65. The van der Waals surface area contributed by atoms with Crippen molar-refractivity contribution in [3.8, 4) is 0 Å². The topological polar surface area (TPSA) is 37.3 Å². The van der Waals surface area contributed by atoms with Gasteiger partial charge in [0.15, 0.2) is 0 Å². The number of carboxylic acid groups (broad SMARTS) is 1. The van der Waals surface area contributed by atoms with Crippen molar-refractivity contribution in [2.24, 2.45) is 0 Å². The molecule has 0 amide bonds. The summed E-state index contributed by atoms with van der Waals surface area (Å²) < 4.78 is 0. The molecule has 0 heterocycles. The lowest BCUT2D eigenvalue weighted by molar-refractivity contribution is 0.0696. The Bertz CT molecular complexity index is 359. The summed E-state index contributed by atoms with van der Waals surface area (Å²) in [6.45, 7) is 8.26. The van der Waals surface area contributed by atoms with Crippen LogP contribution in [-0.4, -0.2) is 11.1 Å². The average molecular weight is 192 g/mol. The van der Waals surface area contributed by atoms with Gasteiger partial charge < -0.3 is 5.11 Å². The van der Waals surface area contributed by atoms with E-state index >= 15 is 0 Å². The van der Waals surface area contributed by atoms with Gasteiger partial charge >= 0.3 is 5.97 Å². The second kappa shape index (κ2) is 3.45. The van der Waals surface area contributed by atoms with Gasteiger partial charge in [0, 0.05) is 0 Å². The van der Waals surface area contributed by atoms with E-state index in [-0.39, 0.29) is 5.41 Å². The van der Waals surface area contributed by atoms with E-state index in [1.807, 2.05) is 13.0 Å². The molecule has 0 aromatic heterocycles. The molecule has 0 spiro atoms. The number of hydrogen-bond acceptors (Lipinski definition) is 1. The van der Waals surface area contributed by atoms with Gasteiger partial charge in [-0.25, -0.2) is 4.79 Å². The van der Waals surface area contributed by atoms with Crippen LogP contribution >= 0.6 is 0 Å². The lowest BCUT2D eigenvalue weighted by Crippen LogP contribution is -2.14. The van der Waals surface area contributed by atoms with Gasteiger partial charge in [0.2, 0.25) is 0 Å². The summed E-state index contributed by atoms with van der Waals surface area (Å²) in [7, 11) is 0. The minimum absolute atomic E-state index is 0.00442. The van der Waals surface area contributed by atoms with E-state index in [1.54, 1.807) is 12.1 Å². The minimum atomic E-state index is -0.865. The molecule has 0 atom stereocenters. The quantitative estimate of drug-likeness (QED) is 0.742. The van der Waals surface area contributed by atoms with Crippen molar-refractivity contribution in [3.05, 3.63) is 34.9 Å². The van der Waals surface area contributed by atoms with Crippen molar-refractivity contribution in [2.45, 2.75) is 33.1 Å². The van der Waals surface area contributed by atoms with Gasteiger partial charge in [-0.15, -0.1) is 0 Å². The van der Waals surface area contributed by atoms with Crippen molar-refractivity contribution in [3.63, 3.8) is 0 Å². The first kappa shape index (κ1) is 10.8. The van der Waals surface area contributed by atoms with Crippen LogP contribution in [0.3, 0.4) is 0 Å². The predicted molar refractivity (Wildman–Crippen MR) is 56.8 cm³/mol. The summed E-state index contributed by atoms with van der Waals surface area (Å²) in [4.78, 5) is 10.8. The molecule has 14 heavy (non-hydrogen) atoms. The zero-order valence-electron chi connectivity index (χ0n) is 9.09. The lowest BCUT2D eigenvalue weighted by Gasteiger charge is -2.21. The third-order valence-electron chi connectivity index (χ3n) is 2.29. The molecule has 2 heteroatoms. The van der Waals surface area contributed by atoms with E-state index in [4.69, 9.17) is 5.11 Å². The molecule has 0 saturated carbocycles. The van der Waals surface area contributed by atoms with Crippen LogP contribution in [0.4, 0.5) is 0 Å². The molecular weight excluding hydrogens is 176 g/mol. The van der Waals surface area contributed by atoms with Gasteiger partial charge in [-0.05, 0) is 35.6 Å². The molecule has 0 unspecified atom stereocenters. The molecule has 0 bridgehead atoms. The SMILES string of the molecule is Cc1ccc(C(=O)O)cc1C(C)(C)C. The molecule has 0 saturated heterocycles. The summed E-state index contributed by atoms with van der Waals surface area (Å²) in [6, 6.07) is 5.27. The van der Waals surface area contributed by atoms with Gasteiger partial charge in [-0.2, -0.15) is 0 Å². The summed E-state index contributed by atoms with van der Waals surface area (Å²) in [5.74, 6) is -0.865. The maximum atomic E-state index is 10.8. The molecule has 0 fully saturated rings. The third kappa shape index (κ3) is 2.13. The Labute approximate surface area is 84.6 Å². The molecule has 76 valence electrons. The lowest BCUT2D eigenvalue weighted by atomic mass is 9.83. The Balaban J connectivity index is 3.29. The van der Waals surface area contributed by atoms with Gasteiger partial charge in [-0.1, -0.05) is 26.8 Å². The van der Waals surface area contributed by atoms with Crippen molar-refractivity contribution < 1.29 is 9.90 Å². The van der Waals surface area contributed by atoms with E-state index in [2.05, 4.69) is 20.8 Å². The van der Waals surface area contributed by atoms with Crippen molar-refractivity contribution in [2.75, 3.05) is 0 Å². The fourth-order valence-electron chi connectivity index (χ4n) is 1.56. The highest BCUT2D eigenvalue weighted by molar-refractivity contribution is 5.88. The summed E-state index contributed by atoms with van der Waals surface area (Å²) >= 11 is 0. The molecule has 0 aliphatic rings. The summed E-state index contributed by atoms with van der Waals surface area (Å²) in [5, 5.41) is 8.87. The van der Waals surface area contributed by atoms with Crippen LogP contribution in [0.15, 0.2) is 18.2 Å². The third-order valence-corrected chi connectivity index (χ3v) is 2.29. The second-order valence-electron chi connectivity index (χ2n) is 4.58. The van der Waals surface area contributed by atoms with Gasteiger partial charge in [0.05, 0.1) is 5.56 Å². The van der Waals surface area contributed by atoms with Crippen molar-refractivity contribution >= 4 is 5.97 Å². The number of aryl methyl sites for hydroxylation is 1. The van der Waals surface area contributed by atoms with Crippen LogP contribution < -0.4 is 0 Å². The predicted octanol–water partition coefficient (Wildman–Crippen LogP) is 2.99. The molecule has 1 N–H and O–H groups in total. The Morgan fingerprint density at radius 2 is 1.86 bits per heavy atom. The highest BCUT2D eigenvalue weighted by Gasteiger charge is 2.17. The van der Waals surface area contributed by atoms with Crippen LogP contribution in [0.25, 0.3) is 0 Å². The normalized spacial score (nSPS) is 11.4. The average Bonchev–Trinajstić information content (AvgIpc) is 2.02. The standard InChI is InChI=1S/C12H16O2/c1-8-5-6-9(11(13)14)7-10(8)12(2,3)4/h5-7H,1-4H3,(H,13,14). The maximum absolute atomic E-state index is 10.8. The Morgan fingerprint density at radius 3 is 2.29 bits per heavy atom. The Hall–Kier alpha value is -1.31. The Morgan fingerprint density at radius 1 is 1.29 bits per heavy atom. The van der Waals surface area contributed by atoms with Crippen molar-refractivity contribution in [1.29, 1.82) is 0 Å². The molecule has 0 aliphatic heterocycles. The number of carbonyl (C=O) groups is 1. The van der Waals surface area contributed by atoms with Gasteiger partial charge in [-0.3, -0.25) is 0 Å². The molecule has 1 rings (SSSR count). The molecule has 0 aliphatic carbocycles. The van der Waals surface area contributed by atoms with E-state index in [0.29, 0.717) is 5.56 Å². The number of rotatable bonds is 1. The largest absolute Gasteiger partial charge is 0.478 e. The molecule has 1 aromatic carbocycles. The smallest absolute Gasteiger partial charge is 0.335 e. The second-order valence-corrected chi connectivity index (χ2v) is 4.58. The van der Waals surface area contributed by atoms with Crippen LogP contribution in [0, 0.1) is 6.92 Å². The summed E-state index contributed by atoms with van der Waals surface area (Å²) in [5.41, 5.74) is 2.59. The fourth-order valence-corrected chi connectivity index (χ4v) is 1.56. The fraction of sp³-hybridized carbons (Fsp3) is 0.417. The first-order valence-corrected chi connectivity index (χ1v) is 4.67. The zero-order valence-corrected chi connectivity index (χ0v) is 9.09. The number of benzene rings is 1.